The monoisotopic (exact) mass is 439 g/mol. The number of aryl methyl sites for hydroxylation is 3. The fraction of sp³-hybridized carbons (Fsp3) is 0.417. The molecule has 4 rings (SSSR count). The molecule has 0 saturated carbocycles. The minimum atomic E-state index is -0.0821. The Kier molecular flexibility index (Phi) is 6.85. The smallest absolute Gasteiger partial charge is 0.266 e. The van der Waals surface area contributed by atoms with Crippen molar-refractivity contribution in [1.82, 2.24) is 9.88 Å². The summed E-state index contributed by atoms with van der Waals surface area (Å²) >= 11 is 1.56. The van der Waals surface area contributed by atoms with Crippen molar-refractivity contribution in [3.63, 3.8) is 0 Å². The first-order valence-electron chi connectivity index (χ1n) is 10.7. The zero-order chi connectivity index (χ0) is 21.8. The highest BCUT2D eigenvalue weighted by Gasteiger charge is 2.22. The molecule has 0 aliphatic carbocycles. The van der Waals surface area contributed by atoms with Crippen molar-refractivity contribution in [2.75, 3.05) is 50.9 Å². The number of fused-ring (bicyclic) bond motifs is 1. The Hall–Kier alpha value is -2.48. The van der Waals surface area contributed by atoms with Crippen molar-refractivity contribution < 1.29 is 14.3 Å². The lowest BCUT2D eigenvalue weighted by Gasteiger charge is -2.29. The number of aromatic nitrogens is 1. The molecule has 0 bridgehead atoms. The van der Waals surface area contributed by atoms with E-state index < -0.39 is 0 Å². The molecule has 1 amide bonds. The van der Waals surface area contributed by atoms with Crippen molar-refractivity contribution in [3.05, 3.63) is 53.1 Å². The van der Waals surface area contributed by atoms with Crippen molar-refractivity contribution in [2.45, 2.75) is 20.8 Å². The highest BCUT2D eigenvalue weighted by molar-refractivity contribution is 7.22. The van der Waals surface area contributed by atoms with Gasteiger partial charge in [-0.1, -0.05) is 29.0 Å². The molecule has 7 heteroatoms. The van der Waals surface area contributed by atoms with Crippen LogP contribution in [0.3, 0.4) is 0 Å². The molecule has 0 N–H and O–H groups in total. The van der Waals surface area contributed by atoms with Crippen LogP contribution in [0.4, 0.5) is 5.13 Å². The van der Waals surface area contributed by atoms with Crippen LogP contribution in [-0.2, 0) is 9.53 Å². The third-order valence-electron chi connectivity index (χ3n) is 5.65. The highest BCUT2D eigenvalue weighted by atomic mass is 32.1. The normalized spacial score (nSPS) is 14.7. The number of carbonyl (C=O) groups is 1. The lowest BCUT2D eigenvalue weighted by Crippen LogP contribution is -2.44. The maximum Gasteiger partial charge on any atom is 0.266 e. The van der Waals surface area contributed by atoms with Crippen LogP contribution in [0.2, 0.25) is 0 Å². The molecule has 1 aliphatic rings. The second-order valence-corrected chi connectivity index (χ2v) is 9.01. The van der Waals surface area contributed by atoms with Crippen LogP contribution in [0.25, 0.3) is 10.2 Å². The molecule has 2 heterocycles. The van der Waals surface area contributed by atoms with Crippen LogP contribution >= 0.6 is 11.3 Å². The predicted molar refractivity (Wildman–Crippen MR) is 125 cm³/mol. The second kappa shape index (κ2) is 9.77. The van der Waals surface area contributed by atoms with Gasteiger partial charge in [-0.15, -0.1) is 0 Å². The maximum absolute atomic E-state index is 13.2. The summed E-state index contributed by atoms with van der Waals surface area (Å²) in [5.41, 5.74) is 4.53. The third kappa shape index (κ3) is 5.42. The number of morpholine rings is 1. The summed E-state index contributed by atoms with van der Waals surface area (Å²) in [5.74, 6) is 0.615. The largest absolute Gasteiger partial charge is 0.484 e. The molecule has 1 aliphatic heterocycles. The van der Waals surface area contributed by atoms with Crippen LogP contribution in [0, 0.1) is 20.8 Å². The maximum atomic E-state index is 13.2. The van der Waals surface area contributed by atoms with Crippen molar-refractivity contribution >= 4 is 32.6 Å². The summed E-state index contributed by atoms with van der Waals surface area (Å²) in [6, 6.07) is 12.0. The number of ether oxygens (including phenoxy) is 2. The Morgan fingerprint density at radius 2 is 1.84 bits per heavy atom. The standard InChI is InChI=1S/C24H29N3O3S/c1-17-4-6-20(7-5-17)30-16-23(28)27(9-8-26-10-12-29-13-11-26)24-25-21-14-18(2)19(3)15-22(21)31-24/h4-7,14-15H,8-13,16H2,1-3H3. The van der Waals surface area contributed by atoms with Crippen LogP contribution in [-0.4, -0.2) is 61.8 Å². The van der Waals surface area contributed by atoms with Crippen LogP contribution in [0.1, 0.15) is 16.7 Å². The molecule has 3 aromatic rings. The minimum absolute atomic E-state index is 0.0137. The quantitative estimate of drug-likeness (QED) is 0.558. The first-order chi connectivity index (χ1) is 15.0. The highest BCUT2D eigenvalue weighted by Crippen LogP contribution is 2.31. The van der Waals surface area contributed by atoms with E-state index in [1.165, 1.54) is 11.1 Å². The van der Waals surface area contributed by atoms with Gasteiger partial charge in [0.15, 0.2) is 11.7 Å². The molecule has 2 aromatic carbocycles. The number of amides is 1. The molecule has 0 atom stereocenters. The van der Waals surface area contributed by atoms with Gasteiger partial charge in [-0.3, -0.25) is 14.6 Å². The van der Waals surface area contributed by atoms with Crippen LogP contribution < -0.4 is 9.64 Å². The number of thiazole rings is 1. The molecule has 0 radical (unpaired) electrons. The Bertz CT molecular complexity index is 1000. The van der Waals surface area contributed by atoms with E-state index >= 15 is 0 Å². The Balaban J connectivity index is 1.52. The fourth-order valence-electron chi connectivity index (χ4n) is 3.53. The molecular formula is C24H29N3O3S. The van der Waals surface area contributed by atoms with Crippen molar-refractivity contribution in [2.24, 2.45) is 0 Å². The number of rotatable bonds is 7. The average molecular weight is 440 g/mol. The van der Waals surface area contributed by atoms with Gasteiger partial charge in [-0.25, -0.2) is 4.98 Å². The van der Waals surface area contributed by atoms with E-state index in [4.69, 9.17) is 14.5 Å². The second-order valence-electron chi connectivity index (χ2n) is 8.00. The summed E-state index contributed by atoms with van der Waals surface area (Å²) in [7, 11) is 0. The van der Waals surface area contributed by atoms with Gasteiger partial charge in [-0.05, 0) is 56.2 Å². The lowest BCUT2D eigenvalue weighted by atomic mass is 10.1. The molecule has 31 heavy (non-hydrogen) atoms. The van der Waals surface area contributed by atoms with Gasteiger partial charge in [0.1, 0.15) is 5.75 Å². The van der Waals surface area contributed by atoms with Crippen molar-refractivity contribution in [3.8, 4) is 5.75 Å². The Morgan fingerprint density at radius 1 is 1.13 bits per heavy atom. The average Bonchev–Trinajstić information content (AvgIpc) is 3.16. The first kappa shape index (κ1) is 21.7. The summed E-state index contributed by atoms with van der Waals surface area (Å²) in [5, 5.41) is 0.728. The molecule has 0 spiro atoms. The summed E-state index contributed by atoms with van der Waals surface area (Å²) in [4.78, 5) is 22.1. The van der Waals surface area contributed by atoms with Gasteiger partial charge in [-0.2, -0.15) is 0 Å². The summed E-state index contributed by atoms with van der Waals surface area (Å²) < 4.78 is 12.3. The van der Waals surface area contributed by atoms with Crippen LogP contribution in [0.15, 0.2) is 36.4 Å². The van der Waals surface area contributed by atoms with Gasteiger partial charge >= 0.3 is 0 Å². The minimum Gasteiger partial charge on any atom is -0.484 e. The number of benzene rings is 2. The fourth-order valence-corrected chi connectivity index (χ4v) is 4.62. The van der Waals surface area contributed by atoms with Gasteiger partial charge in [0.2, 0.25) is 0 Å². The predicted octanol–water partition coefficient (Wildman–Crippen LogP) is 3.97. The molecule has 1 aromatic heterocycles. The van der Waals surface area contributed by atoms with Crippen molar-refractivity contribution in [1.29, 1.82) is 0 Å². The Labute approximate surface area is 187 Å². The zero-order valence-electron chi connectivity index (χ0n) is 18.4. The third-order valence-corrected chi connectivity index (χ3v) is 6.69. The molecule has 1 fully saturated rings. The number of nitrogens with zero attached hydrogens (tertiary/aromatic N) is 3. The first-order valence-corrected chi connectivity index (χ1v) is 11.5. The molecule has 0 unspecified atom stereocenters. The van der Waals surface area contributed by atoms with Gasteiger partial charge in [0.05, 0.1) is 23.4 Å². The van der Waals surface area contributed by atoms with E-state index in [9.17, 15) is 4.79 Å². The SMILES string of the molecule is Cc1ccc(OCC(=O)N(CCN2CCOCC2)c2nc3cc(C)c(C)cc3s2)cc1. The van der Waals surface area contributed by atoms with E-state index in [0.717, 1.165) is 53.8 Å². The number of hydrogen-bond donors (Lipinski definition) is 0. The van der Waals surface area contributed by atoms with Gasteiger partial charge in [0.25, 0.3) is 5.91 Å². The van der Waals surface area contributed by atoms with Gasteiger partial charge in [0, 0.05) is 26.2 Å². The lowest BCUT2D eigenvalue weighted by molar-refractivity contribution is -0.120. The number of carbonyl (C=O) groups excluding carboxylic acids is 1. The number of anilines is 1. The van der Waals surface area contributed by atoms with E-state index in [2.05, 4.69) is 30.9 Å². The molecule has 1 saturated heterocycles. The summed E-state index contributed by atoms with van der Waals surface area (Å²) in [6.45, 7) is 10.8. The van der Waals surface area contributed by atoms with E-state index in [1.807, 2.05) is 31.2 Å². The van der Waals surface area contributed by atoms with E-state index in [0.29, 0.717) is 12.3 Å². The molecular weight excluding hydrogens is 410 g/mol. The number of hydrogen-bond acceptors (Lipinski definition) is 6. The molecule has 164 valence electrons. The van der Waals surface area contributed by atoms with Crippen LogP contribution in [0.5, 0.6) is 5.75 Å². The topological polar surface area (TPSA) is 54.9 Å². The summed E-state index contributed by atoms with van der Waals surface area (Å²) in [6.07, 6.45) is 0. The zero-order valence-corrected chi connectivity index (χ0v) is 19.2. The molecule has 6 nitrogen and oxygen atoms in total. The Morgan fingerprint density at radius 3 is 2.58 bits per heavy atom. The van der Waals surface area contributed by atoms with Gasteiger partial charge < -0.3 is 9.47 Å². The van der Waals surface area contributed by atoms with E-state index in [-0.39, 0.29) is 12.5 Å². The van der Waals surface area contributed by atoms with E-state index in [1.54, 1.807) is 16.2 Å².